The van der Waals surface area contributed by atoms with Gasteiger partial charge in [-0.25, -0.2) is 0 Å². The molecule has 0 aromatic heterocycles. The van der Waals surface area contributed by atoms with E-state index in [0.29, 0.717) is 37.3 Å². The first kappa shape index (κ1) is 19.5. The second kappa shape index (κ2) is 8.19. The third-order valence-corrected chi connectivity index (χ3v) is 5.97. The largest absolute Gasteiger partial charge is 0.493 e. The number of carbonyl (C=O) groups is 2. The fourth-order valence-corrected chi connectivity index (χ4v) is 4.19. The summed E-state index contributed by atoms with van der Waals surface area (Å²) < 4.78 is 10.6. The van der Waals surface area contributed by atoms with Crippen LogP contribution in [0, 0.1) is 0 Å². The van der Waals surface area contributed by atoms with Crippen LogP contribution in [0.15, 0.2) is 18.2 Å². The number of nitrogens with one attached hydrogen (secondary N) is 1. The number of rotatable bonds is 7. The van der Waals surface area contributed by atoms with E-state index >= 15 is 0 Å². The van der Waals surface area contributed by atoms with Gasteiger partial charge >= 0.3 is 0 Å². The molecule has 2 amide bonds. The SMILES string of the molecule is COc1ccc(CCN2C(=O)CC[C@@]2(C)C(=O)NC2CCCC2)cc1OC. The molecule has 1 heterocycles. The van der Waals surface area contributed by atoms with Gasteiger partial charge in [-0.2, -0.15) is 0 Å². The Labute approximate surface area is 161 Å². The molecule has 1 aliphatic heterocycles. The summed E-state index contributed by atoms with van der Waals surface area (Å²) in [5.74, 6) is 1.40. The molecule has 0 unspecified atom stereocenters. The number of amides is 2. The molecule has 1 aromatic carbocycles. The maximum atomic E-state index is 12.9. The minimum atomic E-state index is -0.754. The Bertz CT molecular complexity index is 699. The highest BCUT2D eigenvalue weighted by molar-refractivity contribution is 5.94. The Morgan fingerprint density at radius 1 is 1.22 bits per heavy atom. The summed E-state index contributed by atoms with van der Waals surface area (Å²) in [5, 5.41) is 3.17. The molecule has 1 saturated heterocycles. The van der Waals surface area contributed by atoms with Crippen molar-refractivity contribution in [2.45, 2.75) is 63.5 Å². The number of carbonyl (C=O) groups excluding carboxylic acids is 2. The fraction of sp³-hybridized carbons (Fsp3) is 0.619. The molecule has 1 N–H and O–H groups in total. The third kappa shape index (κ3) is 4.04. The summed E-state index contributed by atoms with van der Waals surface area (Å²) in [7, 11) is 3.21. The van der Waals surface area contributed by atoms with Gasteiger partial charge < -0.3 is 19.7 Å². The zero-order chi connectivity index (χ0) is 19.4. The Balaban J connectivity index is 1.68. The number of nitrogens with zero attached hydrogens (tertiary/aromatic N) is 1. The van der Waals surface area contributed by atoms with E-state index in [9.17, 15) is 9.59 Å². The van der Waals surface area contributed by atoms with Crippen molar-refractivity contribution >= 4 is 11.8 Å². The molecule has 1 aromatic rings. The molecule has 148 valence electrons. The third-order valence-electron chi connectivity index (χ3n) is 5.97. The predicted molar refractivity (Wildman–Crippen MR) is 103 cm³/mol. The Hall–Kier alpha value is -2.24. The number of benzene rings is 1. The van der Waals surface area contributed by atoms with Crippen molar-refractivity contribution in [2.75, 3.05) is 20.8 Å². The lowest BCUT2D eigenvalue weighted by Gasteiger charge is -2.35. The van der Waals surface area contributed by atoms with E-state index < -0.39 is 5.54 Å². The van der Waals surface area contributed by atoms with E-state index in [2.05, 4.69) is 5.32 Å². The van der Waals surface area contributed by atoms with Crippen LogP contribution in [0.4, 0.5) is 0 Å². The van der Waals surface area contributed by atoms with Crippen LogP contribution in [0.5, 0.6) is 11.5 Å². The topological polar surface area (TPSA) is 67.9 Å². The molecule has 0 radical (unpaired) electrons. The maximum Gasteiger partial charge on any atom is 0.245 e. The number of ether oxygens (including phenoxy) is 2. The first-order chi connectivity index (χ1) is 13.0. The molecule has 1 saturated carbocycles. The number of hydrogen-bond donors (Lipinski definition) is 1. The molecule has 2 aliphatic rings. The van der Waals surface area contributed by atoms with E-state index in [4.69, 9.17) is 9.47 Å². The van der Waals surface area contributed by atoms with Crippen molar-refractivity contribution in [1.29, 1.82) is 0 Å². The summed E-state index contributed by atoms with van der Waals surface area (Å²) in [6, 6.07) is 6.02. The smallest absolute Gasteiger partial charge is 0.245 e. The highest BCUT2D eigenvalue weighted by Gasteiger charge is 2.47. The average Bonchev–Trinajstić information content (AvgIpc) is 3.28. The quantitative estimate of drug-likeness (QED) is 0.797. The van der Waals surface area contributed by atoms with E-state index in [0.717, 1.165) is 18.4 Å². The maximum absolute atomic E-state index is 12.9. The number of likely N-dealkylation sites (tertiary alicyclic amines) is 1. The van der Waals surface area contributed by atoms with Crippen LogP contribution in [0.2, 0.25) is 0 Å². The van der Waals surface area contributed by atoms with Gasteiger partial charge in [0, 0.05) is 19.0 Å². The van der Waals surface area contributed by atoms with Crippen LogP contribution in [-0.2, 0) is 16.0 Å². The first-order valence-corrected chi connectivity index (χ1v) is 9.80. The molecule has 1 aliphatic carbocycles. The van der Waals surface area contributed by atoms with Crippen LogP contribution in [0.25, 0.3) is 0 Å². The van der Waals surface area contributed by atoms with Crippen LogP contribution in [0.3, 0.4) is 0 Å². The Morgan fingerprint density at radius 3 is 2.59 bits per heavy atom. The van der Waals surface area contributed by atoms with Crippen LogP contribution < -0.4 is 14.8 Å². The fourth-order valence-electron chi connectivity index (χ4n) is 4.19. The molecule has 27 heavy (non-hydrogen) atoms. The van der Waals surface area contributed by atoms with Gasteiger partial charge in [-0.05, 0) is 50.3 Å². The van der Waals surface area contributed by atoms with Crippen molar-refractivity contribution in [3.63, 3.8) is 0 Å². The van der Waals surface area contributed by atoms with E-state index in [1.807, 2.05) is 25.1 Å². The van der Waals surface area contributed by atoms with Crippen molar-refractivity contribution < 1.29 is 19.1 Å². The van der Waals surface area contributed by atoms with Crippen LogP contribution in [0.1, 0.15) is 51.0 Å². The number of methoxy groups -OCH3 is 2. The second-order valence-corrected chi connectivity index (χ2v) is 7.71. The average molecular weight is 374 g/mol. The summed E-state index contributed by atoms with van der Waals surface area (Å²) in [6.45, 7) is 2.42. The highest BCUT2D eigenvalue weighted by atomic mass is 16.5. The van der Waals surface area contributed by atoms with Crippen LogP contribution in [-0.4, -0.2) is 49.1 Å². The lowest BCUT2D eigenvalue weighted by atomic mass is 9.96. The standard InChI is InChI=1S/C21H30N2O4/c1-21(20(25)22-16-6-4-5-7-16)12-10-19(24)23(21)13-11-15-8-9-17(26-2)18(14-15)27-3/h8-9,14,16H,4-7,10-13H2,1-3H3,(H,22,25)/t21-/m0/s1. The highest BCUT2D eigenvalue weighted by Crippen LogP contribution is 2.32. The summed E-state index contributed by atoms with van der Waals surface area (Å²) >= 11 is 0. The second-order valence-electron chi connectivity index (χ2n) is 7.71. The summed E-state index contributed by atoms with van der Waals surface area (Å²) in [6.07, 6.45) is 6.10. The normalized spacial score (nSPS) is 22.9. The lowest BCUT2D eigenvalue weighted by molar-refractivity contribution is -0.140. The van der Waals surface area contributed by atoms with Gasteiger partial charge in [0.1, 0.15) is 5.54 Å². The van der Waals surface area contributed by atoms with Gasteiger partial charge in [0.25, 0.3) is 0 Å². The Kier molecular flexibility index (Phi) is 5.92. The molecule has 1 atom stereocenters. The van der Waals surface area contributed by atoms with Crippen molar-refractivity contribution in [3.05, 3.63) is 23.8 Å². The van der Waals surface area contributed by atoms with Gasteiger partial charge in [0.05, 0.1) is 14.2 Å². The van der Waals surface area contributed by atoms with Gasteiger partial charge in [0.2, 0.25) is 11.8 Å². The van der Waals surface area contributed by atoms with E-state index in [1.54, 1.807) is 19.1 Å². The molecule has 0 spiro atoms. The molecule has 6 nitrogen and oxygen atoms in total. The minimum Gasteiger partial charge on any atom is -0.493 e. The van der Waals surface area contributed by atoms with E-state index in [-0.39, 0.29) is 17.9 Å². The molecule has 2 fully saturated rings. The predicted octanol–water partition coefficient (Wildman–Crippen LogP) is 2.69. The molecular formula is C21H30N2O4. The van der Waals surface area contributed by atoms with Crippen molar-refractivity contribution in [3.8, 4) is 11.5 Å². The Morgan fingerprint density at radius 2 is 1.93 bits per heavy atom. The van der Waals surface area contributed by atoms with Crippen molar-refractivity contribution in [1.82, 2.24) is 10.2 Å². The zero-order valence-electron chi connectivity index (χ0n) is 16.5. The minimum absolute atomic E-state index is 0.00689. The summed E-state index contributed by atoms with van der Waals surface area (Å²) in [5.41, 5.74) is 0.293. The summed E-state index contributed by atoms with van der Waals surface area (Å²) in [4.78, 5) is 27.2. The number of hydrogen-bond acceptors (Lipinski definition) is 4. The molecule has 0 bridgehead atoms. The van der Waals surface area contributed by atoms with Crippen LogP contribution >= 0.6 is 0 Å². The van der Waals surface area contributed by atoms with Gasteiger partial charge in [-0.1, -0.05) is 18.9 Å². The first-order valence-electron chi connectivity index (χ1n) is 9.80. The van der Waals surface area contributed by atoms with Gasteiger partial charge in [0.15, 0.2) is 11.5 Å². The van der Waals surface area contributed by atoms with Gasteiger partial charge in [-0.3, -0.25) is 9.59 Å². The lowest BCUT2D eigenvalue weighted by Crippen LogP contribution is -2.56. The van der Waals surface area contributed by atoms with Gasteiger partial charge in [-0.15, -0.1) is 0 Å². The molecule has 6 heteroatoms. The molecular weight excluding hydrogens is 344 g/mol. The van der Waals surface area contributed by atoms with Crippen molar-refractivity contribution in [2.24, 2.45) is 0 Å². The zero-order valence-corrected chi connectivity index (χ0v) is 16.5. The monoisotopic (exact) mass is 374 g/mol. The van der Waals surface area contributed by atoms with E-state index in [1.165, 1.54) is 12.8 Å². The molecule has 3 rings (SSSR count).